The lowest BCUT2D eigenvalue weighted by Gasteiger charge is -2.17. The first-order chi connectivity index (χ1) is 11.3. The number of thiophene rings is 1. The first kappa shape index (κ1) is 15.1. The predicted molar refractivity (Wildman–Crippen MR) is 97.6 cm³/mol. The maximum Gasteiger partial charge on any atom is 0.129 e. The van der Waals surface area contributed by atoms with Gasteiger partial charge in [0.15, 0.2) is 0 Å². The highest BCUT2D eigenvalue weighted by atomic mass is 32.2. The summed E-state index contributed by atoms with van der Waals surface area (Å²) in [4.78, 5) is 12.0. The second-order valence-corrected chi connectivity index (χ2v) is 7.82. The van der Waals surface area contributed by atoms with Crippen LogP contribution in [0.3, 0.4) is 0 Å². The number of nitrogens with zero attached hydrogens (tertiary/aromatic N) is 2. The molecule has 1 aliphatic rings. The third-order valence-corrected chi connectivity index (χ3v) is 6.22. The van der Waals surface area contributed by atoms with Crippen molar-refractivity contribution in [2.24, 2.45) is 0 Å². The zero-order valence-corrected chi connectivity index (χ0v) is 14.9. The second kappa shape index (κ2) is 6.23. The third-order valence-electron chi connectivity index (χ3n) is 4.14. The molecule has 2 aromatic heterocycles. The van der Waals surface area contributed by atoms with Crippen LogP contribution in [0.15, 0.2) is 29.3 Å². The first-order valence-electron chi connectivity index (χ1n) is 7.78. The predicted octanol–water partition coefficient (Wildman–Crippen LogP) is 4.50. The van der Waals surface area contributed by atoms with Crippen molar-refractivity contribution in [1.82, 2.24) is 9.97 Å². The normalized spacial score (nSPS) is 13.1. The van der Waals surface area contributed by atoms with Gasteiger partial charge in [-0.2, -0.15) is 0 Å². The minimum absolute atomic E-state index is 0.734. The summed E-state index contributed by atoms with van der Waals surface area (Å²) in [5.74, 6) is 1.76. The Morgan fingerprint density at radius 2 is 2.09 bits per heavy atom. The van der Waals surface area contributed by atoms with Gasteiger partial charge in [-0.05, 0) is 30.9 Å². The Morgan fingerprint density at radius 1 is 1.22 bits per heavy atom. The number of aryl methyl sites for hydroxylation is 3. The van der Waals surface area contributed by atoms with Crippen LogP contribution in [-0.4, -0.2) is 29.4 Å². The number of methoxy groups -OCH3 is 1. The second-order valence-electron chi connectivity index (χ2n) is 5.65. The molecule has 0 aliphatic heterocycles. The molecule has 1 aliphatic carbocycles. The molecule has 0 bridgehead atoms. The van der Waals surface area contributed by atoms with Gasteiger partial charge in [-0.15, -0.1) is 23.1 Å². The van der Waals surface area contributed by atoms with Gasteiger partial charge in [-0.1, -0.05) is 24.3 Å². The molecule has 0 N–H and O–H groups in total. The van der Waals surface area contributed by atoms with Gasteiger partial charge in [-0.25, -0.2) is 9.97 Å². The lowest BCUT2D eigenvalue weighted by molar-refractivity contribution is 0.218. The Bertz CT molecular complexity index is 873. The fraction of sp³-hybridized carbons (Fsp3) is 0.333. The van der Waals surface area contributed by atoms with E-state index in [4.69, 9.17) is 14.7 Å². The Morgan fingerprint density at radius 3 is 2.96 bits per heavy atom. The summed E-state index contributed by atoms with van der Waals surface area (Å²) in [7, 11) is 1.74. The van der Waals surface area contributed by atoms with Crippen LogP contribution in [0.4, 0.5) is 0 Å². The van der Waals surface area contributed by atoms with Crippen LogP contribution in [0.5, 0.6) is 0 Å². The van der Waals surface area contributed by atoms with Crippen molar-refractivity contribution in [3.8, 4) is 11.1 Å². The molecule has 0 amide bonds. The number of rotatable bonds is 4. The molecule has 3 aromatic rings. The Kier molecular flexibility index (Phi) is 4.09. The molecular weight excluding hydrogens is 324 g/mol. The quantitative estimate of drug-likeness (QED) is 0.397. The zero-order valence-electron chi connectivity index (χ0n) is 13.3. The molecule has 0 saturated carbocycles. The SMILES string of the molecule is COCCSc1nc(C)nc2sc3c(c12)-c1ccccc1CC3. The van der Waals surface area contributed by atoms with E-state index in [0.29, 0.717) is 0 Å². The van der Waals surface area contributed by atoms with E-state index in [2.05, 4.69) is 24.3 Å². The van der Waals surface area contributed by atoms with Gasteiger partial charge in [0.05, 0.1) is 12.0 Å². The fourth-order valence-electron chi connectivity index (χ4n) is 3.13. The van der Waals surface area contributed by atoms with Crippen LogP contribution in [0.25, 0.3) is 21.3 Å². The van der Waals surface area contributed by atoms with Crippen LogP contribution in [0.1, 0.15) is 16.3 Å². The van der Waals surface area contributed by atoms with E-state index in [1.807, 2.05) is 18.3 Å². The molecule has 23 heavy (non-hydrogen) atoms. The lowest BCUT2D eigenvalue weighted by atomic mass is 9.89. The van der Waals surface area contributed by atoms with Gasteiger partial charge < -0.3 is 4.74 Å². The summed E-state index contributed by atoms with van der Waals surface area (Å²) >= 11 is 3.61. The van der Waals surface area contributed by atoms with Crippen molar-refractivity contribution in [2.75, 3.05) is 19.5 Å². The third kappa shape index (κ3) is 2.67. The highest BCUT2D eigenvalue weighted by Gasteiger charge is 2.24. The molecule has 3 nitrogen and oxygen atoms in total. The number of thioether (sulfide) groups is 1. The van der Waals surface area contributed by atoms with Gasteiger partial charge in [-0.3, -0.25) is 0 Å². The largest absolute Gasteiger partial charge is 0.384 e. The number of hydrogen-bond acceptors (Lipinski definition) is 5. The highest BCUT2D eigenvalue weighted by Crippen LogP contribution is 2.45. The van der Waals surface area contributed by atoms with E-state index in [9.17, 15) is 0 Å². The van der Waals surface area contributed by atoms with Crippen molar-refractivity contribution in [2.45, 2.75) is 24.8 Å². The molecule has 2 heterocycles. The minimum Gasteiger partial charge on any atom is -0.384 e. The maximum absolute atomic E-state index is 5.19. The monoisotopic (exact) mass is 342 g/mol. The van der Waals surface area contributed by atoms with Crippen molar-refractivity contribution >= 4 is 33.3 Å². The molecule has 0 fully saturated rings. The van der Waals surface area contributed by atoms with Crippen LogP contribution in [0.2, 0.25) is 0 Å². The molecule has 0 spiro atoms. The van der Waals surface area contributed by atoms with Crippen molar-refractivity contribution in [3.05, 3.63) is 40.5 Å². The summed E-state index contributed by atoms with van der Waals surface area (Å²) < 4.78 is 5.19. The summed E-state index contributed by atoms with van der Waals surface area (Å²) in [5, 5.41) is 2.34. The van der Waals surface area contributed by atoms with Gasteiger partial charge in [0, 0.05) is 23.3 Å². The van der Waals surface area contributed by atoms with E-state index in [0.717, 1.165) is 40.9 Å². The summed E-state index contributed by atoms with van der Waals surface area (Å²) in [6.07, 6.45) is 2.23. The number of benzene rings is 1. The number of ether oxygens (including phenoxy) is 1. The number of aromatic nitrogens is 2. The van der Waals surface area contributed by atoms with Gasteiger partial charge in [0.2, 0.25) is 0 Å². The Balaban J connectivity index is 1.92. The lowest BCUT2D eigenvalue weighted by Crippen LogP contribution is -2.01. The van der Waals surface area contributed by atoms with E-state index in [1.165, 1.54) is 27.0 Å². The fourth-order valence-corrected chi connectivity index (χ4v) is 5.41. The molecule has 0 atom stereocenters. The Labute approximate surface area is 144 Å². The van der Waals surface area contributed by atoms with Gasteiger partial charge in [0.25, 0.3) is 0 Å². The molecular formula is C18H18N2OS2. The summed E-state index contributed by atoms with van der Waals surface area (Å²) in [6, 6.07) is 8.75. The van der Waals surface area contributed by atoms with Crippen molar-refractivity contribution < 1.29 is 4.74 Å². The van der Waals surface area contributed by atoms with Gasteiger partial charge >= 0.3 is 0 Å². The van der Waals surface area contributed by atoms with Crippen LogP contribution in [-0.2, 0) is 17.6 Å². The smallest absolute Gasteiger partial charge is 0.129 e. The average Bonchev–Trinajstić information content (AvgIpc) is 2.93. The minimum atomic E-state index is 0.734. The topological polar surface area (TPSA) is 35.0 Å². The maximum atomic E-state index is 5.19. The van der Waals surface area contributed by atoms with E-state index in [1.54, 1.807) is 18.9 Å². The highest BCUT2D eigenvalue weighted by molar-refractivity contribution is 7.99. The summed E-state index contributed by atoms with van der Waals surface area (Å²) in [5.41, 5.74) is 4.17. The molecule has 4 rings (SSSR count). The molecule has 0 radical (unpaired) electrons. The van der Waals surface area contributed by atoms with E-state index in [-0.39, 0.29) is 0 Å². The van der Waals surface area contributed by atoms with Crippen LogP contribution < -0.4 is 0 Å². The zero-order chi connectivity index (χ0) is 15.8. The average molecular weight is 342 g/mol. The molecule has 0 unspecified atom stereocenters. The molecule has 118 valence electrons. The van der Waals surface area contributed by atoms with E-state index < -0.39 is 0 Å². The molecule has 5 heteroatoms. The molecule has 1 aromatic carbocycles. The van der Waals surface area contributed by atoms with Gasteiger partial charge in [0.1, 0.15) is 15.7 Å². The standard InChI is InChI=1S/C18H18N2OS2/c1-11-19-17(22-10-9-21-2)16-15-13-6-4-3-5-12(13)7-8-14(15)23-18(16)20-11/h3-6H,7-10H2,1-2H3. The first-order valence-corrected chi connectivity index (χ1v) is 9.58. The number of hydrogen-bond donors (Lipinski definition) is 0. The van der Waals surface area contributed by atoms with Crippen LogP contribution in [0, 0.1) is 6.92 Å². The Hall–Kier alpha value is -1.43. The molecule has 0 saturated heterocycles. The summed E-state index contributed by atoms with van der Waals surface area (Å²) in [6.45, 7) is 2.71. The van der Waals surface area contributed by atoms with Crippen LogP contribution >= 0.6 is 23.1 Å². The van der Waals surface area contributed by atoms with Crippen molar-refractivity contribution in [1.29, 1.82) is 0 Å². The van der Waals surface area contributed by atoms with Crippen molar-refractivity contribution in [3.63, 3.8) is 0 Å². The number of fused-ring (bicyclic) bond motifs is 5. The van der Waals surface area contributed by atoms with E-state index >= 15 is 0 Å².